The van der Waals surface area contributed by atoms with Gasteiger partial charge >= 0.3 is 47.6 Å². The van der Waals surface area contributed by atoms with Crippen LogP contribution < -0.4 is 5.32 Å². The Morgan fingerprint density at radius 2 is 1.00 bits per heavy atom. The van der Waals surface area contributed by atoms with Crippen molar-refractivity contribution >= 4 is 5.91 Å². The van der Waals surface area contributed by atoms with E-state index in [2.05, 4.69) is 4.98 Å². The molecule has 0 bridgehead atoms. The molecule has 1 aromatic rings. The minimum Gasteiger partial charge on any atom is -0.322 e. The first-order valence-electron chi connectivity index (χ1n) is 8.70. The Morgan fingerprint density at radius 1 is 0.649 bits per heavy atom. The van der Waals surface area contributed by atoms with Gasteiger partial charge in [0, 0.05) is 18.0 Å². The van der Waals surface area contributed by atoms with E-state index in [1.165, 1.54) is 0 Å². The molecule has 0 aromatic carbocycles. The molecule has 3 nitrogen and oxygen atoms in total. The van der Waals surface area contributed by atoms with Crippen LogP contribution in [0.3, 0.4) is 0 Å². The smallest absolute Gasteiger partial charge is 0.322 e. The van der Waals surface area contributed by atoms with Gasteiger partial charge in [0.05, 0.1) is 6.42 Å². The summed E-state index contributed by atoms with van der Waals surface area (Å²) in [6.07, 6.45) is -13.5. The van der Waals surface area contributed by atoms with E-state index in [-0.39, 0.29) is 0 Å². The maximum atomic E-state index is 13.7. The summed E-state index contributed by atoms with van der Waals surface area (Å²) in [6, 6.07) is 1.50. The highest BCUT2D eigenvalue weighted by Gasteiger charge is 2.95. The third-order valence-electron chi connectivity index (χ3n) is 4.45. The van der Waals surface area contributed by atoms with Gasteiger partial charge in [-0.15, -0.1) is 0 Å². The highest BCUT2D eigenvalue weighted by Crippen LogP contribution is 2.64. The number of rotatable bonds is 10. The second-order valence-electron chi connectivity index (χ2n) is 7.03. The first kappa shape index (κ1) is 32.4. The summed E-state index contributed by atoms with van der Waals surface area (Å²) in [6.45, 7) is 0. The highest BCUT2D eigenvalue weighted by molar-refractivity contribution is 5.94. The Hall–Kier alpha value is -2.64. The first-order valence-corrected chi connectivity index (χ1v) is 8.70. The van der Waals surface area contributed by atoms with Gasteiger partial charge in [-0.1, -0.05) is 0 Å². The molecule has 37 heavy (non-hydrogen) atoms. The van der Waals surface area contributed by atoms with Crippen LogP contribution in [-0.2, 0) is 0 Å². The number of nitrogens with zero attached hydrogens (tertiary/aromatic N) is 1. The van der Waals surface area contributed by atoms with Gasteiger partial charge in [0.15, 0.2) is 6.30 Å². The molecule has 214 valence electrons. The van der Waals surface area contributed by atoms with Crippen LogP contribution in [-0.4, -0.2) is 64.8 Å². The van der Waals surface area contributed by atoms with Crippen LogP contribution in [0.15, 0.2) is 24.5 Å². The fourth-order valence-electron chi connectivity index (χ4n) is 2.33. The standard InChI is InChI=1S/C16H8F18N2O/c17-7(36-8(37)6-1-3-35-4-2-6)5-9(18,19)10(20,21)11(22,23)12(24,25)13(26,27)14(28,29)15(30,31)16(32,33)34/h1-4,7H,5H2,(H,36,37). The van der Waals surface area contributed by atoms with Crippen LogP contribution in [0.1, 0.15) is 16.8 Å². The van der Waals surface area contributed by atoms with Gasteiger partial charge in [0.1, 0.15) is 0 Å². The quantitative estimate of drug-likeness (QED) is 0.251. The predicted molar refractivity (Wildman–Crippen MR) is 81.9 cm³/mol. The monoisotopic (exact) mass is 586 g/mol. The molecule has 1 unspecified atom stereocenters. The van der Waals surface area contributed by atoms with E-state index in [1.807, 2.05) is 0 Å². The third kappa shape index (κ3) is 4.96. The SMILES string of the molecule is O=C(NC(F)CC(F)(F)C(F)(F)C(F)(F)C(F)(F)C(F)(F)C(F)(F)C(F)(F)C(F)(F)F)c1ccncc1. The number of alkyl halides is 18. The van der Waals surface area contributed by atoms with E-state index in [4.69, 9.17) is 0 Å². The van der Waals surface area contributed by atoms with E-state index >= 15 is 0 Å². The number of nitrogens with one attached hydrogen (secondary N) is 1. The first-order chi connectivity index (χ1) is 16.1. The molecule has 21 heteroatoms. The molecule has 1 N–H and O–H groups in total. The molecule has 1 atom stereocenters. The van der Waals surface area contributed by atoms with Gasteiger partial charge in [0.2, 0.25) is 0 Å². The van der Waals surface area contributed by atoms with Crippen molar-refractivity contribution in [2.75, 3.05) is 0 Å². The molecule has 0 saturated heterocycles. The molecule has 0 aliphatic carbocycles. The number of amides is 1. The Balaban J connectivity index is 3.39. The molecule has 0 saturated carbocycles. The Labute approximate surface area is 191 Å². The number of hydrogen-bond donors (Lipinski definition) is 1. The lowest BCUT2D eigenvalue weighted by Gasteiger charge is -2.42. The molecule has 1 heterocycles. The maximum absolute atomic E-state index is 13.7. The van der Waals surface area contributed by atoms with Gasteiger partial charge in [-0.2, -0.15) is 74.6 Å². The van der Waals surface area contributed by atoms with E-state index in [9.17, 15) is 83.8 Å². The van der Waals surface area contributed by atoms with Gasteiger partial charge in [-0.05, 0) is 12.1 Å². The molecule has 1 aromatic heterocycles. The normalized spacial score (nSPS) is 15.9. The van der Waals surface area contributed by atoms with Crippen LogP contribution in [0.25, 0.3) is 0 Å². The van der Waals surface area contributed by atoms with Gasteiger partial charge in [-0.25, -0.2) is 4.39 Å². The minimum absolute atomic E-state index is 0.628. The zero-order valence-electron chi connectivity index (χ0n) is 16.8. The number of hydrogen-bond acceptors (Lipinski definition) is 2. The van der Waals surface area contributed by atoms with Crippen molar-refractivity contribution in [1.29, 1.82) is 0 Å². The average Bonchev–Trinajstić information content (AvgIpc) is 2.72. The lowest BCUT2D eigenvalue weighted by atomic mass is 9.88. The predicted octanol–water partition coefficient (Wildman–Crippen LogP) is 6.51. The summed E-state index contributed by atoms with van der Waals surface area (Å²) in [5.74, 6) is -59.7. The molecule has 0 spiro atoms. The number of carbonyl (C=O) groups excluding carboxylic acids is 1. The Morgan fingerprint density at radius 3 is 1.38 bits per heavy atom. The number of halogens is 18. The summed E-state index contributed by atoms with van der Waals surface area (Å²) < 4.78 is 237. The maximum Gasteiger partial charge on any atom is 0.460 e. The van der Waals surface area contributed by atoms with Gasteiger partial charge in [-0.3, -0.25) is 9.78 Å². The molecular formula is C16H8F18N2O. The summed E-state index contributed by atoms with van der Waals surface area (Å²) in [4.78, 5) is 14.9. The van der Waals surface area contributed by atoms with Crippen LogP contribution >= 0.6 is 0 Å². The summed E-state index contributed by atoms with van der Waals surface area (Å²) in [7, 11) is 0. The molecule has 0 aliphatic heterocycles. The number of carbonyl (C=O) groups is 1. The number of pyridine rings is 1. The van der Waals surface area contributed by atoms with E-state index < -0.39 is 71.8 Å². The summed E-state index contributed by atoms with van der Waals surface area (Å²) in [5, 5.41) is 0.834. The summed E-state index contributed by atoms with van der Waals surface area (Å²) in [5.41, 5.74) is -0.628. The fraction of sp³-hybridized carbons (Fsp3) is 0.625. The molecule has 1 rings (SSSR count). The highest BCUT2D eigenvalue weighted by atomic mass is 19.4. The minimum atomic E-state index is -8.77. The van der Waals surface area contributed by atoms with Crippen molar-refractivity contribution in [2.45, 2.75) is 60.4 Å². The van der Waals surface area contributed by atoms with Crippen LogP contribution in [0.4, 0.5) is 79.0 Å². The Bertz CT molecular complexity index is 958. The zero-order valence-corrected chi connectivity index (χ0v) is 16.8. The average molecular weight is 586 g/mol. The fourth-order valence-corrected chi connectivity index (χ4v) is 2.33. The van der Waals surface area contributed by atoms with Crippen molar-refractivity contribution in [3.8, 4) is 0 Å². The lowest BCUT2D eigenvalue weighted by molar-refractivity contribution is -0.462. The molecule has 0 aliphatic rings. The van der Waals surface area contributed by atoms with Gasteiger partial charge in [0.25, 0.3) is 5.91 Å². The third-order valence-corrected chi connectivity index (χ3v) is 4.45. The second kappa shape index (κ2) is 9.28. The van der Waals surface area contributed by atoms with Gasteiger partial charge < -0.3 is 5.32 Å². The topological polar surface area (TPSA) is 42.0 Å². The molecule has 1 amide bonds. The van der Waals surface area contributed by atoms with Crippen LogP contribution in [0, 0.1) is 0 Å². The van der Waals surface area contributed by atoms with Crippen molar-refractivity contribution in [2.24, 2.45) is 0 Å². The molecule has 0 radical (unpaired) electrons. The largest absolute Gasteiger partial charge is 0.460 e. The van der Waals surface area contributed by atoms with Crippen molar-refractivity contribution in [3.63, 3.8) is 0 Å². The number of aromatic nitrogens is 1. The second-order valence-corrected chi connectivity index (χ2v) is 7.03. The van der Waals surface area contributed by atoms with Crippen molar-refractivity contribution in [3.05, 3.63) is 30.1 Å². The van der Waals surface area contributed by atoms with Crippen molar-refractivity contribution < 1.29 is 83.8 Å². The molecular weight excluding hydrogens is 578 g/mol. The Kier molecular flexibility index (Phi) is 8.12. The van der Waals surface area contributed by atoms with Crippen LogP contribution in [0.5, 0.6) is 0 Å². The van der Waals surface area contributed by atoms with E-state index in [0.29, 0.717) is 0 Å². The zero-order chi connectivity index (χ0) is 29.7. The lowest BCUT2D eigenvalue weighted by Crippen LogP contribution is -2.74. The van der Waals surface area contributed by atoms with E-state index in [0.717, 1.165) is 29.8 Å². The van der Waals surface area contributed by atoms with Crippen LogP contribution in [0.2, 0.25) is 0 Å². The van der Waals surface area contributed by atoms with E-state index in [1.54, 1.807) is 0 Å². The summed E-state index contributed by atoms with van der Waals surface area (Å²) >= 11 is 0. The molecule has 0 fully saturated rings. The van der Waals surface area contributed by atoms with Crippen molar-refractivity contribution in [1.82, 2.24) is 10.3 Å².